The molecular formula is C58H100NO8P. The maximum atomic E-state index is 12.8. The van der Waals surface area contributed by atoms with Crippen LogP contribution in [-0.4, -0.2) is 70.0 Å². The van der Waals surface area contributed by atoms with E-state index in [0.717, 1.165) is 109 Å². The largest absolute Gasteiger partial charge is 0.756 e. The Morgan fingerprint density at radius 3 is 1.25 bits per heavy atom. The minimum absolute atomic E-state index is 0.0377. The quantitative estimate of drug-likeness (QED) is 0.0195. The summed E-state index contributed by atoms with van der Waals surface area (Å²) < 4.78 is 34.0. The number of unbranched alkanes of at least 4 members (excludes halogenated alkanes) is 18. The molecule has 0 heterocycles. The smallest absolute Gasteiger partial charge is 0.306 e. The standard InChI is InChI=1S/C58H100NO8P/c1-6-8-10-12-14-16-18-20-21-22-23-24-25-26-27-28-29-30-31-32-33-34-35-36-37-39-41-43-45-47-49-51-58(61)67-56(55-66-68(62,63)65-53-52-59(3,4)5)54-64-57(60)50-48-46-44-42-40-38-19-17-15-13-11-9-7-2/h8,10,14,16,20-21,23-24,26-27,29-30,32-33,35-36,56H,6-7,9,11-13,15,17-19,22,25,28,31,34,37-55H2,1-5H3/b10-8-,16-14-,21-20-,24-23-,27-26-,30-29-,33-32-,36-35-. The molecule has 0 saturated heterocycles. The van der Waals surface area contributed by atoms with Gasteiger partial charge in [-0.1, -0.05) is 214 Å². The van der Waals surface area contributed by atoms with Crippen molar-refractivity contribution in [2.75, 3.05) is 47.5 Å². The molecule has 10 heteroatoms. The molecule has 0 aromatic heterocycles. The molecule has 0 saturated carbocycles. The Balaban J connectivity index is 4.23. The lowest BCUT2D eigenvalue weighted by Crippen LogP contribution is -2.37. The summed E-state index contributed by atoms with van der Waals surface area (Å²) in [5, 5.41) is 0. The monoisotopic (exact) mass is 970 g/mol. The molecule has 0 aliphatic rings. The first kappa shape index (κ1) is 64.9. The molecule has 390 valence electrons. The average Bonchev–Trinajstić information content (AvgIpc) is 3.30. The van der Waals surface area contributed by atoms with Crippen LogP contribution in [0, 0.1) is 0 Å². The Labute approximate surface area is 417 Å². The van der Waals surface area contributed by atoms with Gasteiger partial charge in [-0.2, -0.15) is 0 Å². The maximum absolute atomic E-state index is 12.8. The Morgan fingerprint density at radius 2 is 0.838 bits per heavy atom. The van der Waals surface area contributed by atoms with Crippen molar-refractivity contribution in [3.05, 3.63) is 97.2 Å². The number of esters is 2. The van der Waals surface area contributed by atoms with E-state index in [4.69, 9.17) is 18.5 Å². The van der Waals surface area contributed by atoms with Crippen molar-refractivity contribution < 1.29 is 42.1 Å². The van der Waals surface area contributed by atoms with E-state index in [-0.39, 0.29) is 26.1 Å². The number of quaternary nitrogens is 1. The third-order valence-electron chi connectivity index (χ3n) is 11.1. The summed E-state index contributed by atoms with van der Waals surface area (Å²) in [6, 6.07) is 0. The number of allylic oxidation sites excluding steroid dienone is 16. The van der Waals surface area contributed by atoms with E-state index in [1.54, 1.807) is 0 Å². The number of carbonyl (C=O) groups excluding carboxylic acids is 2. The molecule has 0 N–H and O–H groups in total. The number of likely N-dealkylation sites (N-methyl/N-ethyl adjacent to an activating group) is 1. The molecule has 0 rings (SSSR count). The highest BCUT2D eigenvalue weighted by atomic mass is 31.2. The zero-order valence-electron chi connectivity index (χ0n) is 44.0. The van der Waals surface area contributed by atoms with Gasteiger partial charge in [-0.15, -0.1) is 0 Å². The molecular weight excluding hydrogens is 870 g/mol. The maximum Gasteiger partial charge on any atom is 0.306 e. The van der Waals surface area contributed by atoms with Crippen molar-refractivity contribution in [1.29, 1.82) is 0 Å². The van der Waals surface area contributed by atoms with E-state index in [1.807, 2.05) is 21.1 Å². The highest BCUT2D eigenvalue weighted by Crippen LogP contribution is 2.38. The highest BCUT2D eigenvalue weighted by molar-refractivity contribution is 7.45. The van der Waals surface area contributed by atoms with Crippen LogP contribution in [0.5, 0.6) is 0 Å². The molecule has 2 atom stereocenters. The van der Waals surface area contributed by atoms with Crippen molar-refractivity contribution in [3.8, 4) is 0 Å². The van der Waals surface area contributed by atoms with Crippen molar-refractivity contribution in [2.24, 2.45) is 0 Å². The Morgan fingerprint density at radius 1 is 0.471 bits per heavy atom. The first-order valence-electron chi connectivity index (χ1n) is 26.9. The number of ether oxygens (including phenoxy) is 2. The van der Waals surface area contributed by atoms with Gasteiger partial charge in [0, 0.05) is 12.8 Å². The lowest BCUT2D eigenvalue weighted by atomic mass is 10.0. The molecule has 68 heavy (non-hydrogen) atoms. The van der Waals surface area contributed by atoms with E-state index in [2.05, 4.69) is 111 Å². The van der Waals surface area contributed by atoms with Crippen molar-refractivity contribution in [3.63, 3.8) is 0 Å². The van der Waals surface area contributed by atoms with Gasteiger partial charge in [0.1, 0.15) is 19.8 Å². The van der Waals surface area contributed by atoms with Crippen LogP contribution in [0.15, 0.2) is 97.2 Å². The third kappa shape index (κ3) is 52.3. The van der Waals surface area contributed by atoms with Gasteiger partial charge in [0.05, 0.1) is 27.7 Å². The molecule has 0 amide bonds. The van der Waals surface area contributed by atoms with Crippen LogP contribution in [0.3, 0.4) is 0 Å². The molecule has 0 aromatic carbocycles. The molecule has 9 nitrogen and oxygen atoms in total. The number of nitrogens with zero attached hydrogens (tertiary/aromatic N) is 1. The van der Waals surface area contributed by atoms with Crippen molar-refractivity contribution in [1.82, 2.24) is 0 Å². The number of carbonyl (C=O) groups is 2. The fourth-order valence-electron chi connectivity index (χ4n) is 6.96. The van der Waals surface area contributed by atoms with Crippen LogP contribution < -0.4 is 4.89 Å². The first-order chi connectivity index (χ1) is 33.0. The Hall–Kier alpha value is -3.07. The second-order valence-corrected chi connectivity index (χ2v) is 20.3. The van der Waals surface area contributed by atoms with Crippen LogP contribution in [0.1, 0.15) is 206 Å². The van der Waals surface area contributed by atoms with Crippen molar-refractivity contribution in [2.45, 2.75) is 213 Å². The highest BCUT2D eigenvalue weighted by Gasteiger charge is 2.21. The molecule has 0 aliphatic heterocycles. The summed E-state index contributed by atoms with van der Waals surface area (Å²) in [5.74, 6) is -0.854. The molecule has 0 aliphatic carbocycles. The number of phosphoric acid groups is 1. The van der Waals surface area contributed by atoms with E-state index in [9.17, 15) is 19.0 Å². The zero-order valence-corrected chi connectivity index (χ0v) is 44.9. The van der Waals surface area contributed by atoms with Crippen LogP contribution in [0.2, 0.25) is 0 Å². The second kappa shape index (κ2) is 48.9. The number of hydrogen-bond donors (Lipinski definition) is 0. The lowest BCUT2D eigenvalue weighted by Gasteiger charge is -2.28. The van der Waals surface area contributed by atoms with E-state index in [1.165, 1.54) is 64.2 Å². The molecule has 0 radical (unpaired) electrons. The van der Waals surface area contributed by atoms with Gasteiger partial charge in [-0.25, -0.2) is 0 Å². The molecule has 0 bridgehead atoms. The molecule has 2 unspecified atom stereocenters. The summed E-state index contributed by atoms with van der Waals surface area (Å²) in [4.78, 5) is 37.7. The normalized spacial score (nSPS) is 14.1. The summed E-state index contributed by atoms with van der Waals surface area (Å²) >= 11 is 0. The topological polar surface area (TPSA) is 111 Å². The minimum atomic E-state index is -4.64. The van der Waals surface area contributed by atoms with Crippen LogP contribution in [0.25, 0.3) is 0 Å². The minimum Gasteiger partial charge on any atom is -0.756 e. The number of rotatable bonds is 48. The van der Waals surface area contributed by atoms with Gasteiger partial charge >= 0.3 is 11.9 Å². The van der Waals surface area contributed by atoms with Gasteiger partial charge in [0.25, 0.3) is 7.82 Å². The Kier molecular flexibility index (Phi) is 46.7. The summed E-state index contributed by atoms with van der Waals surface area (Å²) in [7, 11) is 1.14. The van der Waals surface area contributed by atoms with Gasteiger partial charge in [0.15, 0.2) is 6.10 Å². The number of phosphoric ester groups is 1. The van der Waals surface area contributed by atoms with E-state index >= 15 is 0 Å². The predicted octanol–water partition coefficient (Wildman–Crippen LogP) is 15.8. The number of hydrogen-bond acceptors (Lipinski definition) is 8. The first-order valence-corrected chi connectivity index (χ1v) is 28.4. The van der Waals surface area contributed by atoms with Gasteiger partial charge in [-0.05, 0) is 77.0 Å². The van der Waals surface area contributed by atoms with Crippen LogP contribution in [0.4, 0.5) is 0 Å². The fraction of sp³-hybridized carbons (Fsp3) is 0.690. The molecule has 0 spiro atoms. The summed E-state index contributed by atoms with van der Waals surface area (Å²) in [6.07, 6.45) is 65.9. The van der Waals surface area contributed by atoms with E-state index < -0.39 is 32.5 Å². The van der Waals surface area contributed by atoms with Crippen LogP contribution in [-0.2, 0) is 32.7 Å². The summed E-state index contributed by atoms with van der Waals surface area (Å²) in [5.41, 5.74) is 0. The Bertz CT molecular complexity index is 1470. The fourth-order valence-corrected chi connectivity index (χ4v) is 7.69. The zero-order chi connectivity index (χ0) is 49.9. The van der Waals surface area contributed by atoms with Crippen LogP contribution >= 0.6 is 7.82 Å². The lowest BCUT2D eigenvalue weighted by molar-refractivity contribution is -0.870. The summed E-state index contributed by atoms with van der Waals surface area (Å²) in [6.45, 7) is 4.09. The average molecular weight is 970 g/mol. The van der Waals surface area contributed by atoms with Gasteiger partial charge < -0.3 is 27.9 Å². The van der Waals surface area contributed by atoms with Crippen molar-refractivity contribution >= 4 is 19.8 Å². The van der Waals surface area contributed by atoms with E-state index in [0.29, 0.717) is 17.4 Å². The van der Waals surface area contributed by atoms with Gasteiger partial charge in [0.2, 0.25) is 0 Å². The third-order valence-corrected chi connectivity index (χ3v) is 12.1. The second-order valence-electron chi connectivity index (χ2n) is 18.9. The SMILES string of the molecule is CC/C=C\C/C=C\C/C=C\C/C=C\C/C=C\C/C=C\C/C=C\C/C=C\CCCCCCCCC(=O)OC(COC(=O)CCCCCCCCCCCCCCC)COP(=O)([O-])OCC[N+](C)(C)C. The predicted molar refractivity (Wildman–Crippen MR) is 286 cm³/mol. The van der Waals surface area contributed by atoms with Gasteiger partial charge in [-0.3, -0.25) is 14.2 Å². The molecule has 0 aromatic rings. The molecule has 0 fully saturated rings.